The van der Waals surface area contributed by atoms with Gasteiger partial charge >= 0.3 is 0 Å². The van der Waals surface area contributed by atoms with Crippen molar-refractivity contribution in [2.24, 2.45) is 7.05 Å². The Balaban J connectivity index is 2.19. The molecule has 2 aromatic rings. The smallest absolute Gasteiger partial charge is 0.266 e. The van der Waals surface area contributed by atoms with Crippen molar-refractivity contribution in [3.63, 3.8) is 0 Å². The van der Waals surface area contributed by atoms with Gasteiger partial charge in [-0.25, -0.2) is 0 Å². The summed E-state index contributed by atoms with van der Waals surface area (Å²) < 4.78 is 1.84. The minimum atomic E-state index is -0.407. The Morgan fingerprint density at radius 2 is 2.00 bits per heavy atom. The van der Waals surface area contributed by atoms with Crippen LogP contribution in [0.5, 0.6) is 0 Å². The number of carbonyl (C=O) groups excluding carboxylic acids is 1. The Kier molecular flexibility index (Phi) is 3.79. The van der Waals surface area contributed by atoms with Gasteiger partial charge in [-0.15, -0.1) is 0 Å². The zero-order valence-electron chi connectivity index (χ0n) is 10.5. The van der Waals surface area contributed by atoms with Crippen LogP contribution in [-0.2, 0) is 11.8 Å². The number of para-hydroxylation sites is 1. The van der Waals surface area contributed by atoms with Gasteiger partial charge in [-0.2, -0.15) is 5.26 Å². The van der Waals surface area contributed by atoms with E-state index in [0.29, 0.717) is 5.69 Å². The lowest BCUT2D eigenvalue weighted by Crippen LogP contribution is -2.13. The lowest BCUT2D eigenvalue weighted by molar-refractivity contribution is -0.112. The maximum atomic E-state index is 12.0. The molecule has 0 bridgehead atoms. The fraction of sp³-hybridized carbons (Fsp3) is 0.0667. The summed E-state index contributed by atoms with van der Waals surface area (Å²) in [7, 11) is 1.86. The van der Waals surface area contributed by atoms with Gasteiger partial charge in [0.1, 0.15) is 11.6 Å². The Hall–Kier alpha value is -2.80. The molecular weight excluding hydrogens is 238 g/mol. The number of benzene rings is 1. The van der Waals surface area contributed by atoms with Crippen LogP contribution in [0.25, 0.3) is 6.08 Å². The van der Waals surface area contributed by atoms with Gasteiger partial charge in [0.25, 0.3) is 5.91 Å². The van der Waals surface area contributed by atoms with Crippen LogP contribution in [0.3, 0.4) is 0 Å². The van der Waals surface area contributed by atoms with Crippen LogP contribution < -0.4 is 5.32 Å². The number of anilines is 1. The summed E-state index contributed by atoms with van der Waals surface area (Å²) in [6.07, 6.45) is 3.42. The number of hydrogen-bond donors (Lipinski definition) is 1. The SMILES string of the molecule is Cn1cccc1/C=C(\C#N)C(=O)Nc1ccccc1. The van der Waals surface area contributed by atoms with E-state index in [9.17, 15) is 4.79 Å². The highest BCUT2D eigenvalue weighted by Crippen LogP contribution is 2.10. The third kappa shape index (κ3) is 3.11. The van der Waals surface area contributed by atoms with Gasteiger partial charge in [-0.05, 0) is 30.3 Å². The van der Waals surface area contributed by atoms with Gasteiger partial charge < -0.3 is 9.88 Å². The molecule has 1 N–H and O–H groups in total. The quantitative estimate of drug-likeness (QED) is 0.673. The molecular formula is C15H13N3O. The van der Waals surface area contributed by atoms with Gasteiger partial charge in [0.2, 0.25) is 0 Å². The molecule has 1 aromatic heterocycles. The van der Waals surface area contributed by atoms with E-state index in [-0.39, 0.29) is 5.57 Å². The molecule has 94 valence electrons. The van der Waals surface area contributed by atoms with Gasteiger partial charge in [0, 0.05) is 24.6 Å². The molecule has 1 aromatic carbocycles. The van der Waals surface area contributed by atoms with E-state index in [0.717, 1.165) is 5.69 Å². The monoisotopic (exact) mass is 251 g/mol. The molecule has 0 atom stereocenters. The Labute approximate surface area is 111 Å². The number of amides is 1. The number of aryl methyl sites for hydroxylation is 1. The van der Waals surface area contributed by atoms with Crippen LogP contribution in [0, 0.1) is 11.3 Å². The van der Waals surface area contributed by atoms with Crippen molar-refractivity contribution in [1.82, 2.24) is 4.57 Å². The zero-order chi connectivity index (χ0) is 13.7. The minimum absolute atomic E-state index is 0.0747. The molecule has 0 aliphatic carbocycles. The van der Waals surface area contributed by atoms with Gasteiger partial charge in [0.05, 0.1) is 0 Å². The average molecular weight is 251 g/mol. The number of nitriles is 1. The summed E-state index contributed by atoms with van der Waals surface area (Å²) in [6.45, 7) is 0. The lowest BCUT2D eigenvalue weighted by Gasteiger charge is -2.04. The zero-order valence-corrected chi connectivity index (χ0v) is 10.5. The highest BCUT2D eigenvalue weighted by molar-refractivity contribution is 6.09. The fourth-order valence-corrected chi connectivity index (χ4v) is 1.64. The Morgan fingerprint density at radius 1 is 1.26 bits per heavy atom. The first-order valence-corrected chi connectivity index (χ1v) is 5.80. The lowest BCUT2D eigenvalue weighted by atomic mass is 10.2. The van der Waals surface area contributed by atoms with Crippen molar-refractivity contribution in [3.05, 3.63) is 59.9 Å². The maximum absolute atomic E-state index is 12.0. The minimum Gasteiger partial charge on any atom is -0.351 e. The molecule has 4 nitrogen and oxygen atoms in total. The maximum Gasteiger partial charge on any atom is 0.266 e. The van der Waals surface area contributed by atoms with Crippen molar-refractivity contribution < 1.29 is 4.79 Å². The first-order valence-electron chi connectivity index (χ1n) is 5.80. The van der Waals surface area contributed by atoms with E-state index in [1.807, 2.05) is 54.2 Å². The van der Waals surface area contributed by atoms with Crippen molar-refractivity contribution in [2.75, 3.05) is 5.32 Å². The van der Waals surface area contributed by atoms with Crippen LogP contribution in [0.4, 0.5) is 5.69 Å². The predicted molar refractivity (Wildman–Crippen MR) is 74.1 cm³/mol. The normalized spacial score (nSPS) is 10.8. The van der Waals surface area contributed by atoms with Crippen LogP contribution in [0.15, 0.2) is 54.2 Å². The topological polar surface area (TPSA) is 57.8 Å². The molecule has 0 fully saturated rings. The molecule has 0 radical (unpaired) electrons. The van der Waals surface area contributed by atoms with E-state index in [4.69, 9.17) is 5.26 Å². The fourth-order valence-electron chi connectivity index (χ4n) is 1.64. The third-order valence-corrected chi connectivity index (χ3v) is 2.67. The number of rotatable bonds is 3. The van der Waals surface area contributed by atoms with Gasteiger partial charge in [-0.3, -0.25) is 4.79 Å². The summed E-state index contributed by atoms with van der Waals surface area (Å²) in [5.74, 6) is -0.407. The number of carbonyl (C=O) groups is 1. The molecule has 4 heteroatoms. The highest BCUT2D eigenvalue weighted by atomic mass is 16.1. The first kappa shape index (κ1) is 12.7. The standard InChI is InChI=1S/C15H13N3O/c1-18-9-5-8-14(18)10-12(11-16)15(19)17-13-6-3-2-4-7-13/h2-10H,1H3,(H,17,19)/b12-10+. The molecule has 1 heterocycles. The van der Waals surface area contributed by atoms with Crippen LogP contribution in [-0.4, -0.2) is 10.5 Å². The van der Waals surface area contributed by atoms with Gasteiger partial charge in [-0.1, -0.05) is 18.2 Å². The molecule has 0 spiro atoms. The number of nitrogens with zero attached hydrogens (tertiary/aromatic N) is 2. The predicted octanol–water partition coefficient (Wildman–Crippen LogP) is 2.57. The summed E-state index contributed by atoms with van der Waals surface area (Å²) >= 11 is 0. The molecule has 0 aliphatic heterocycles. The summed E-state index contributed by atoms with van der Waals surface area (Å²) in [5.41, 5.74) is 1.55. The Bertz CT molecular complexity index is 648. The molecule has 2 rings (SSSR count). The molecule has 19 heavy (non-hydrogen) atoms. The third-order valence-electron chi connectivity index (χ3n) is 2.67. The largest absolute Gasteiger partial charge is 0.351 e. The molecule has 0 saturated heterocycles. The second-order valence-corrected chi connectivity index (χ2v) is 4.03. The number of hydrogen-bond acceptors (Lipinski definition) is 2. The van der Waals surface area contributed by atoms with Crippen LogP contribution in [0.2, 0.25) is 0 Å². The average Bonchev–Trinajstić information content (AvgIpc) is 2.82. The number of nitrogens with one attached hydrogen (secondary N) is 1. The summed E-state index contributed by atoms with van der Waals surface area (Å²) in [5, 5.41) is 11.8. The van der Waals surface area contributed by atoms with Crippen molar-refractivity contribution in [1.29, 1.82) is 5.26 Å². The van der Waals surface area contributed by atoms with Crippen molar-refractivity contribution in [2.45, 2.75) is 0 Å². The second-order valence-electron chi connectivity index (χ2n) is 4.03. The highest BCUT2D eigenvalue weighted by Gasteiger charge is 2.09. The van der Waals surface area contributed by atoms with Crippen molar-refractivity contribution in [3.8, 4) is 6.07 Å². The molecule has 0 saturated carbocycles. The molecule has 1 amide bonds. The van der Waals surface area contributed by atoms with E-state index >= 15 is 0 Å². The van der Waals surface area contributed by atoms with Crippen molar-refractivity contribution >= 4 is 17.7 Å². The first-order chi connectivity index (χ1) is 9.20. The van der Waals surface area contributed by atoms with E-state index in [2.05, 4.69) is 5.32 Å². The van der Waals surface area contributed by atoms with Gasteiger partial charge in [0.15, 0.2) is 0 Å². The summed E-state index contributed by atoms with van der Waals surface area (Å²) in [6, 6.07) is 14.7. The molecule has 0 unspecified atom stereocenters. The Morgan fingerprint density at radius 3 is 2.58 bits per heavy atom. The van der Waals surface area contributed by atoms with E-state index < -0.39 is 5.91 Å². The second kappa shape index (κ2) is 5.69. The van der Waals surface area contributed by atoms with Crippen LogP contribution in [0.1, 0.15) is 5.69 Å². The van der Waals surface area contributed by atoms with E-state index in [1.54, 1.807) is 18.2 Å². The van der Waals surface area contributed by atoms with E-state index in [1.165, 1.54) is 0 Å². The van der Waals surface area contributed by atoms with Crippen LogP contribution >= 0.6 is 0 Å². The summed E-state index contributed by atoms with van der Waals surface area (Å²) in [4.78, 5) is 12.0. The number of aromatic nitrogens is 1. The molecule has 0 aliphatic rings.